The van der Waals surface area contributed by atoms with E-state index in [1.165, 1.54) is 0 Å². The van der Waals surface area contributed by atoms with Gasteiger partial charge in [0.25, 0.3) is 0 Å². The van der Waals surface area contributed by atoms with Crippen molar-refractivity contribution in [1.29, 1.82) is 0 Å². The Morgan fingerprint density at radius 2 is 1.68 bits per heavy atom. The van der Waals surface area contributed by atoms with E-state index in [0.29, 0.717) is 24.5 Å². The molecular formula is C25H22O3. The van der Waals surface area contributed by atoms with Crippen LogP contribution in [0, 0.1) is 0 Å². The molecular weight excluding hydrogens is 348 g/mol. The SMILES string of the molecule is C=C(C)CC1(c2ccccc2)C(=O)Oc2ccc(OCc3ccccc3)cc21. The van der Waals surface area contributed by atoms with Gasteiger partial charge in [0.15, 0.2) is 0 Å². The number of hydrogen-bond acceptors (Lipinski definition) is 3. The van der Waals surface area contributed by atoms with Crippen molar-refractivity contribution in [3.05, 3.63) is 108 Å². The first kappa shape index (κ1) is 18.1. The normalized spacial score (nSPS) is 17.7. The molecule has 0 amide bonds. The zero-order valence-corrected chi connectivity index (χ0v) is 15.9. The molecule has 1 heterocycles. The summed E-state index contributed by atoms with van der Waals surface area (Å²) in [6.45, 7) is 6.46. The van der Waals surface area contributed by atoms with Crippen molar-refractivity contribution in [1.82, 2.24) is 0 Å². The number of fused-ring (bicyclic) bond motifs is 1. The first-order valence-electron chi connectivity index (χ1n) is 9.33. The number of hydrogen-bond donors (Lipinski definition) is 0. The lowest BCUT2D eigenvalue weighted by Crippen LogP contribution is -2.35. The topological polar surface area (TPSA) is 35.5 Å². The fourth-order valence-corrected chi connectivity index (χ4v) is 3.78. The molecule has 3 aromatic carbocycles. The summed E-state index contributed by atoms with van der Waals surface area (Å²) in [5, 5.41) is 0. The molecule has 3 heteroatoms. The number of rotatable bonds is 6. The van der Waals surface area contributed by atoms with E-state index >= 15 is 0 Å². The molecule has 0 N–H and O–H groups in total. The molecule has 0 aliphatic carbocycles. The van der Waals surface area contributed by atoms with Gasteiger partial charge in [0.05, 0.1) is 0 Å². The Morgan fingerprint density at radius 3 is 2.36 bits per heavy atom. The van der Waals surface area contributed by atoms with Gasteiger partial charge in [0.2, 0.25) is 0 Å². The molecule has 0 aromatic heterocycles. The Hall–Kier alpha value is -3.33. The van der Waals surface area contributed by atoms with Crippen LogP contribution in [0.1, 0.15) is 30.0 Å². The van der Waals surface area contributed by atoms with Crippen LogP contribution in [0.5, 0.6) is 11.5 Å². The summed E-state index contributed by atoms with van der Waals surface area (Å²) < 4.78 is 11.7. The van der Waals surface area contributed by atoms with Crippen molar-refractivity contribution in [3.8, 4) is 11.5 Å². The fraction of sp³-hybridized carbons (Fsp3) is 0.160. The maximum atomic E-state index is 13.1. The molecule has 0 fully saturated rings. The average molecular weight is 370 g/mol. The molecule has 0 bridgehead atoms. The summed E-state index contributed by atoms with van der Waals surface area (Å²) in [5.74, 6) is 1.03. The second kappa shape index (κ2) is 7.35. The lowest BCUT2D eigenvalue weighted by molar-refractivity contribution is -0.136. The highest BCUT2D eigenvalue weighted by molar-refractivity contribution is 5.95. The van der Waals surface area contributed by atoms with E-state index in [4.69, 9.17) is 9.47 Å². The average Bonchev–Trinajstić information content (AvgIpc) is 2.99. The summed E-state index contributed by atoms with van der Waals surface area (Å²) in [6, 6.07) is 25.4. The summed E-state index contributed by atoms with van der Waals surface area (Å²) in [6.07, 6.45) is 0.491. The monoisotopic (exact) mass is 370 g/mol. The van der Waals surface area contributed by atoms with Gasteiger partial charge < -0.3 is 9.47 Å². The van der Waals surface area contributed by atoms with Crippen LogP contribution in [0.25, 0.3) is 0 Å². The van der Waals surface area contributed by atoms with Gasteiger partial charge in [-0.1, -0.05) is 66.2 Å². The molecule has 1 unspecified atom stereocenters. The third-order valence-corrected chi connectivity index (χ3v) is 5.04. The molecule has 1 aliphatic rings. The zero-order valence-electron chi connectivity index (χ0n) is 15.9. The third-order valence-electron chi connectivity index (χ3n) is 5.04. The van der Waals surface area contributed by atoms with Gasteiger partial charge in [-0.25, -0.2) is 0 Å². The van der Waals surface area contributed by atoms with E-state index in [1.807, 2.05) is 85.8 Å². The van der Waals surface area contributed by atoms with E-state index in [9.17, 15) is 4.79 Å². The predicted molar refractivity (Wildman–Crippen MR) is 110 cm³/mol. The van der Waals surface area contributed by atoms with Gasteiger partial charge in [0.1, 0.15) is 23.5 Å². The Bertz CT molecular complexity index is 1010. The second-order valence-electron chi connectivity index (χ2n) is 7.23. The van der Waals surface area contributed by atoms with E-state index in [1.54, 1.807) is 0 Å². The third kappa shape index (κ3) is 3.20. The minimum Gasteiger partial charge on any atom is -0.489 e. The molecule has 0 spiro atoms. The number of esters is 1. The van der Waals surface area contributed by atoms with Gasteiger partial charge in [-0.3, -0.25) is 4.79 Å². The standard InChI is InChI=1S/C25H22O3/c1-18(2)16-25(20-11-7-4-8-12-20)22-15-21(13-14-23(22)28-24(25)26)27-17-19-9-5-3-6-10-19/h3-15H,1,16-17H2,2H3. The molecule has 3 nitrogen and oxygen atoms in total. The molecule has 3 aromatic rings. The molecule has 1 aliphatic heterocycles. The molecule has 4 rings (SSSR count). The summed E-state index contributed by atoms with van der Waals surface area (Å²) in [4.78, 5) is 13.1. The zero-order chi connectivity index (χ0) is 19.6. The Morgan fingerprint density at radius 1 is 1.00 bits per heavy atom. The maximum absolute atomic E-state index is 13.1. The number of ether oxygens (including phenoxy) is 2. The van der Waals surface area contributed by atoms with Gasteiger partial charge in [-0.2, -0.15) is 0 Å². The highest BCUT2D eigenvalue weighted by atomic mass is 16.5. The fourth-order valence-electron chi connectivity index (χ4n) is 3.78. The lowest BCUT2D eigenvalue weighted by Gasteiger charge is -2.27. The largest absolute Gasteiger partial charge is 0.489 e. The minimum atomic E-state index is -0.894. The van der Waals surface area contributed by atoms with Crippen LogP contribution < -0.4 is 9.47 Å². The van der Waals surface area contributed by atoms with Crippen LogP contribution in [0.4, 0.5) is 0 Å². The van der Waals surface area contributed by atoms with Gasteiger partial charge in [0, 0.05) is 5.56 Å². The smallest absolute Gasteiger partial charge is 0.326 e. The van der Waals surface area contributed by atoms with Gasteiger partial charge in [-0.05, 0) is 42.7 Å². The van der Waals surface area contributed by atoms with Crippen LogP contribution in [0.15, 0.2) is 91.0 Å². The highest BCUT2D eigenvalue weighted by Gasteiger charge is 2.50. The van der Waals surface area contributed by atoms with E-state index in [-0.39, 0.29) is 5.97 Å². The summed E-state index contributed by atoms with van der Waals surface area (Å²) >= 11 is 0. The summed E-state index contributed by atoms with van der Waals surface area (Å²) in [5.41, 5.74) is 2.85. The van der Waals surface area contributed by atoms with Crippen molar-refractivity contribution in [2.45, 2.75) is 25.4 Å². The van der Waals surface area contributed by atoms with Crippen LogP contribution in [-0.4, -0.2) is 5.97 Å². The number of carbonyl (C=O) groups is 1. The molecule has 1 atom stereocenters. The lowest BCUT2D eigenvalue weighted by atomic mass is 9.71. The molecule has 0 radical (unpaired) electrons. The first-order chi connectivity index (χ1) is 13.6. The van der Waals surface area contributed by atoms with Crippen LogP contribution in [0.3, 0.4) is 0 Å². The predicted octanol–water partition coefficient (Wildman–Crippen LogP) is 5.44. The van der Waals surface area contributed by atoms with Crippen molar-refractivity contribution in [2.24, 2.45) is 0 Å². The van der Waals surface area contributed by atoms with Gasteiger partial charge >= 0.3 is 5.97 Å². The quantitative estimate of drug-likeness (QED) is 0.329. The Kier molecular flexibility index (Phi) is 4.74. The molecule has 0 saturated carbocycles. The highest BCUT2D eigenvalue weighted by Crippen LogP contribution is 2.49. The minimum absolute atomic E-state index is 0.267. The van der Waals surface area contributed by atoms with Crippen molar-refractivity contribution < 1.29 is 14.3 Å². The van der Waals surface area contributed by atoms with Crippen LogP contribution in [0.2, 0.25) is 0 Å². The van der Waals surface area contributed by atoms with Crippen LogP contribution >= 0.6 is 0 Å². The number of allylic oxidation sites excluding steroid dienone is 1. The van der Waals surface area contributed by atoms with E-state index < -0.39 is 5.41 Å². The maximum Gasteiger partial charge on any atom is 0.326 e. The molecule has 140 valence electrons. The molecule has 0 saturated heterocycles. The van der Waals surface area contributed by atoms with Gasteiger partial charge in [-0.15, -0.1) is 6.58 Å². The Balaban J connectivity index is 1.74. The summed E-state index contributed by atoms with van der Waals surface area (Å²) in [7, 11) is 0. The van der Waals surface area contributed by atoms with E-state index in [0.717, 1.165) is 22.3 Å². The number of benzene rings is 3. The Labute approximate surface area is 165 Å². The number of carbonyl (C=O) groups excluding carboxylic acids is 1. The first-order valence-corrected chi connectivity index (χ1v) is 9.33. The molecule has 28 heavy (non-hydrogen) atoms. The van der Waals surface area contributed by atoms with Crippen molar-refractivity contribution in [3.63, 3.8) is 0 Å². The van der Waals surface area contributed by atoms with E-state index in [2.05, 4.69) is 6.58 Å². The van der Waals surface area contributed by atoms with Crippen LogP contribution in [-0.2, 0) is 16.8 Å². The van der Waals surface area contributed by atoms with Crippen molar-refractivity contribution >= 4 is 5.97 Å². The second-order valence-corrected chi connectivity index (χ2v) is 7.23. The van der Waals surface area contributed by atoms with Crippen molar-refractivity contribution in [2.75, 3.05) is 0 Å².